The Hall–Kier alpha value is -1.10. The molecule has 0 aliphatic carbocycles. The molecule has 86 valence electrons. The molecule has 1 aliphatic rings. The van der Waals surface area contributed by atoms with Gasteiger partial charge in [-0.3, -0.25) is 9.59 Å². The van der Waals surface area contributed by atoms with Gasteiger partial charge in [0.25, 0.3) is 0 Å². The highest BCUT2D eigenvalue weighted by Crippen LogP contribution is 2.07. The number of hydrogen-bond acceptors (Lipinski definition) is 3. The summed E-state index contributed by atoms with van der Waals surface area (Å²) in [5, 5.41) is 14.2. The number of aliphatic hydroxyl groups excluding tert-OH is 1. The smallest absolute Gasteiger partial charge is 0.242 e. The van der Waals surface area contributed by atoms with Crippen molar-refractivity contribution in [1.82, 2.24) is 10.6 Å². The van der Waals surface area contributed by atoms with E-state index in [0.717, 1.165) is 6.42 Å². The van der Waals surface area contributed by atoms with E-state index in [1.807, 2.05) is 6.92 Å². The lowest BCUT2D eigenvalue weighted by molar-refractivity contribution is -0.126. The first-order valence-electron chi connectivity index (χ1n) is 5.38. The summed E-state index contributed by atoms with van der Waals surface area (Å²) in [6, 6.07) is -0.384. The van der Waals surface area contributed by atoms with Crippen LogP contribution in [0.2, 0.25) is 0 Å². The molecule has 0 bridgehead atoms. The maximum atomic E-state index is 11.6. The molecule has 2 amide bonds. The van der Waals surface area contributed by atoms with E-state index in [-0.39, 0.29) is 30.5 Å². The lowest BCUT2D eigenvalue weighted by Crippen LogP contribution is -2.46. The van der Waals surface area contributed by atoms with Crippen LogP contribution in [0.3, 0.4) is 0 Å². The van der Waals surface area contributed by atoms with Gasteiger partial charge in [-0.15, -0.1) is 0 Å². The summed E-state index contributed by atoms with van der Waals surface area (Å²) in [5.74, 6) is -0.202. The minimum atomic E-state index is -0.384. The van der Waals surface area contributed by atoms with Crippen molar-refractivity contribution in [2.45, 2.75) is 44.7 Å². The molecule has 0 aromatic rings. The average Bonchev–Trinajstić information content (AvgIpc) is 2.64. The Morgan fingerprint density at radius 2 is 2.47 bits per heavy atom. The van der Waals surface area contributed by atoms with Crippen molar-refractivity contribution in [2.75, 3.05) is 6.61 Å². The van der Waals surface area contributed by atoms with Crippen LogP contribution >= 0.6 is 0 Å². The largest absolute Gasteiger partial charge is 0.396 e. The van der Waals surface area contributed by atoms with E-state index in [9.17, 15) is 9.59 Å². The van der Waals surface area contributed by atoms with E-state index in [2.05, 4.69) is 10.6 Å². The maximum Gasteiger partial charge on any atom is 0.242 e. The van der Waals surface area contributed by atoms with Crippen molar-refractivity contribution >= 4 is 11.8 Å². The first-order valence-corrected chi connectivity index (χ1v) is 5.38. The highest BCUT2D eigenvalue weighted by atomic mass is 16.3. The lowest BCUT2D eigenvalue weighted by atomic mass is 10.1. The molecule has 0 spiro atoms. The zero-order valence-corrected chi connectivity index (χ0v) is 8.95. The monoisotopic (exact) mass is 214 g/mol. The van der Waals surface area contributed by atoms with E-state index in [0.29, 0.717) is 19.3 Å². The second kappa shape index (κ2) is 5.70. The molecule has 1 rings (SSSR count). The molecule has 0 radical (unpaired) electrons. The highest BCUT2D eigenvalue weighted by molar-refractivity contribution is 5.90. The fourth-order valence-corrected chi connectivity index (χ4v) is 1.65. The van der Waals surface area contributed by atoms with Crippen LogP contribution in [0, 0.1) is 0 Å². The molecule has 0 aromatic carbocycles. The Bertz CT molecular complexity index is 243. The molecular weight excluding hydrogens is 196 g/mol. The summed E-state index contributed by atoms with van der Waals surface area (Å²) in [6.45, 7) is 2.02. The molecule has 0 saturated carbocycles. The molecule has 5 nitrogen and oxygen atoms in total. The van der Waals surface area contributed by atoms with Gasteiger partial charge >= 0.3 is 0 Å². The van der Waals surface area contributed by atoms with Crippen LogP contribution in [0.25, 0.3) is 0 Å². The average molecular weight is 214 g/mol. The number of rotatable bonds is 5. The van der Waals surface area contributed by atoms with Gasteiger partial charge in [-0.25, -0.2) is 0 Å². The summed E-state index contributed by atoms with van der Waals surface area (Å²) in [5.41, 5.74) is 0. The van der Waals surface area contributed by atoms with Gasteiger partial charge in [0.2, 0.25) is 11.8 Å². The van der Waals surface area contributed by atoms with Gasteiger partial charge in [-0.05, 0) is 19.3 Å². The molecule has 2 atom stereocenters. The standard InChI is InChI=1S/C10H18N2O3/c1-2-7(5-6-13)11-10(15)8-3-4-9(14)12-8/h7-8,13H,2-6H2,1H3,(H,11,15)(H,12,14)/t7?,8-/m0/s1. The Balaban J connectivity index is 2.36. The zero-order valence-electron chi connectivity index (χ0n) is 8.95. The number of carbonyl (C=O) groups excluding carboxylic acids is 2. The fraction of sp³-hybridized carbons (Fsp3) is 0.800. The van der Waals surface area contributed by atoms with Crippen molar-refractivity contribution < 1.29 is 14.7 Å². The zero-order chi connectivity index (χ0) is 11.3. The minimum absolute atomic E-state index is 0.00000189. The van der Waals surface area contributed by atoms with Crippen molar-refractivity contribution in [3.05, 3.63) is 0 Å². The van der Waals surface area contributed by atoms with Gasteiger partial charge in [-0.2, -0.15) is 0 Å². The van der Waals surface area contributed by atoms with E-state index in [1.54, 1.807) is 0 Å². The fourth-order valence-electron chi connectivity index (χ4n) is 1.65. The van der Waals surface area contributed by atoms with Gasteiger partial charge in [-0.1, -0.05) is 6.92 Å². The molecule has 5 heteroatoms. The normalized spacial score (nSPS) is 22.3. The number of nitrogens with one attached hydrogen (secondary N) is 2. The van der Waals surface area contributed by atoms with Crippen molar-refractivity contribution in [3.63, 3.8) is 0 Å². The minimum Gasteiger partial charge on any atom is -0.396 e. The third-order valence-corrected chi connectivity index (χ3v) is 2.63. The predicted octanol–water partition coefficient (Wildman–Crippen LogP) is -0.458. The molecule has 15 heavy (non-hydrogen) atoms. The molecular formula is C10H18N2O3. The quantitative estimate of drug-likeness (QED) is 0.579. The third-order valence-electron chi connectivity index (χ3n) is 2.63. The Labute approximate surface area is 89.2 Å². The first-order chi connectivity index (χ1) is 7.17. The topological polar surface area (TPSA) is 78.4 Å². The van der Waals surface area contributed by atoms with Gasteiger partial charge in [0.15, 0.2) is 0 Å². The van der Waals surface area contributed by atoms with Crippen LogP contribution in [0.4, 0.5) is 0 Å². The maximum absolute atomic E-state index is 11.6. The lowest BCUT2D eigenvalue weighted by Gasteiger charge is -2.18. The summed E-state index contributed by atoms with van der Waals surface area (Å²) in [4.78, 5) is 22.5. The van der Waals surface area contributed by atoms with Gasteiger partial charge in [0.05, 0.1) is 0 Å². The van der Waals surface area contributed by atoms with Crippen molar-refractivity contribution in [1.29, 1.82) is 0 Å². The van der Waals surface area contributed by atoms with Crippen LogP contribution < -0.4 is 10.6 Å². The SMILES string of the molecule is CCC(CCO)NC(=O)[C@@H]1CCC(=O)N1. The molecule has 0 aromatic heterocycles. The number of hydrogen-bond donors (Lipinski definition) is 3. The van der Waals surface area contributed by atoms with E-state index >= 15 is 0 Å². The summed E-state index contributed by atoms with van der Waals surface area (Å²) in [6.07, 6.45) is 2.34. The van der Waals surface area contributed by atoms with Crippen LogP contribution in [0.15, 0.2) is 0 Å². The van der Waals surface area contributed by atoms with Crippen molar-refractivity contribution in [3.8, 4) is 0 Å². The van der Waals surface area contributed by atoms with Crippen LogP contribution in [0.5, 0.6) is 0 Å². The Morgan fingerprint density at radius 1 is 1.73 bits per heavy atom. The summed E-state index contributed by atoms with van der Waals surface area (Å²) in [7, 11) is 0. The summed E-state index contributed by atoms with van der Waals surface area (Å²) < 4.78 is 0. The van der Waals surface area contributed by atoms with Gasteiger partial charge < -0.3 is 15.7 Å². The first kappa shape index (κ1) is 12.0. The van der Waals surface area contributed by atoms with E-state index < -0.39 is 0 Å². The van der Waals surface area contributed by atoms with Crippen LogP contribution in [0.1, 0.15) is 32.6 Å². The second-order valence-electron chi connectivity index (χ2n) is 3.78. The number of amides is 2. The molecule has 1 saturated heterocycles. The van der Waals surface area contributed by atoms with Gasteiger partial charge in [0.1, 0.15) is 6.04 Å². The van der Waals surface area contributed by atoms with Gasteiger partial charge in [0, 0.05) is 19.1 Å². The number of carbonyl (C=O) groups is 2. The Kier molecular flexibility index (Phi) is 4.55. The van der Waals surface area contributed by atoms with E-state index in [1.165, 1.54) is 0 Å². The molecule has 3 N–H and O–H groups in total. The molecule has 1 heterocycles. The number of aliphatic hydroxyl groups is 1. The highest BCUT2D eigenvalue weighted by Gasteiger charge is 2.27. The van der Waals surface area contributed by atoms with E-state index in [4.69, 9.17) is 5.11 Å². The molecule has 1 aliphatic heterocycles. The van der Waals surface area contributed by atoms with Crippen molar-refractivity contribution in [2.24, 2.45) is 0 Å². The third kappa shape index (κ3) is 3.51. The van der Waals surface area contributed by atoms with Crippen LogP contribution in [-0.2, 0) is 9.59 Å². The molecule has 1 fully saturated rings. The Morgan fingerprint density at radius 3 is 2.93 bits per heavy atom. The predicted molar refractivity (Wildman–Crippen MR) is 55.1 cm³/mol. The van der Waals surface area contributed by atoms with Crippen LogP contribution in [-0.4, -0.2) is 35.6 Å². The summed E-state index contributed by atoms with van der Waals surface area (Å²) >= 11 is 0. The molecule has 1 unspecified atom stereocenters. The second-order valence-corrected chi connectivity index (χ2v) is 3.78.